The van der Waals surface area contributed by atoms with Gasteiger partial charge >= 0.3 is 5.97 Å². The number of ether oxygens (including phenoxy) is 1. The van der Waals surface area contributed by atoms with Crippen LogP contribution < -0.4 is 0 Å². The third-order valence-electron chi connectivity index (χ3n) is 6.43. The normalized spacial score (nSPS) is 19.9. The van der Waals surface area contributed by atoms with Crippen LogP contribution in [0.1, 0.15) is 72.7 Å². The summed E-state index contributed by atoms with van der Waals surface area (Å²) in [6, 6.07) is 18.2. The van der Waals surface area contributed by atoms with Crippen molar-refractivity contribution in [3.8, 4) is 0 Å². The van der Waals surface area contributed by atoms with Crippen LogP contribution in [0.2, 0.25) is 0 Å². The second-order valence-corrected chi connectivity index (χ2v) is 8.93. The molecule has 0 spiro atoms. The Hall–Kier alpha value is -3.52. The van der Waals surface area contributed by atoms with Gasteiger partial charge in [-0.15, -0.1) is 5.10 Å². The summed E-state index contributed by atoms with van der Waals surface area (Å²) in [5.41, 5.74) is 2.00. The number of amides is 1. The number of aromatic nitrogens is 3. The molecule has 0 radical (unpaired) electrons. The number of unbranched alkanes of at least 4 members (excludes halogenated alkanes) is 2. The topological polar surface area (TPSA) is 97.6 Å². The van der Waals surface area contributed by atoms with Gasteiger partial charge in [-0.2, -0.15) is 0 Å². The Bertz CT molecular complexity index is 1100. The van der Waals surface area contributed by atoms with Gasteiger partial charge in [0.2, 0.25) is 5.91 Å². The maximum absolute atomic E-state index is 13.0. The minimum Gasteiger partial charge on any atom is -0.455 e. The molecule has 8 nitrogen and oxygen atoms in total. The van der Waals surface area contributed by atoms with Crippen LogP contribution in [0, 0.1) is 0 Å². The predicted molar refractivity (Wildman–Crippen MR) is 130 cm³/mol. The summed E-state index contributed by atoms with van der Waals surface area (Å²) >= 11 is 0. The first-order valence-corrected chi connectivity index (χ1v) is 12.2. The highest BCUT2D eigenvalue weighted by Crippen LogP contribution is 2.37. The zero-order valence-corrected chi connectivity index (χ0v) is 20.0. The van der Waals surface area contributed by atoms with Crippen LogP contribution in [0.15, 0.2) is 66.9 Å². The Morgan fingerprint density at radius 2 is 1.77 bits per heavy atom. The molecule has 35 heavy (non-hydrogen) atoms. The molecule has 0 saturated carbocycles. The van der Waals surface area contributed by atoms with Gasteiger partial charge in [0.25, 0.3) is 0 Å². The highest BCUT2D eigenvalue weighted by atomic mass is 16.5. The molecule has 2 heterocycles. The van der Waals surface area contributed by atoms with Crippen molar-refractivity contribution in [1.29, 1.82) is 0 Å². The molecule has 1 aliphatic heterocycles. The van der Waals surface area contributed by atoms with E-state index in [0.717, 1.165) is 24.8 Å². The van der Waals surface area contributed by atoms with Crippen LogP contribution in [0.4, 0.5) is 0 Å². The standard InChI is InChI=1S/C27H32N4O4/c1-2-3-6-15-26(33)30-18-25(32)24(16-23(30)20-11-7-4-8-12-20)31-17-22(28-29-31)19-35-27(34)21-13-9-5-10-14-21/h4-5,7-14,17,23-25,32H,2-3,6,15-16,18-19H2,1H3/t23-,24+,25+/m1/s1. The van der Waals surface area contributed by atoms with Crippen LogP contribution in [0.5, 0.6) is 0 Å². The van der Waals surface area contributed by atoms with Crippen LogP contribution >= 0.6 is 0 Å². The zero-order chi connectivity index (χ0) is 24.6. The highest BCUT2D eigenvalue weighted by Gasteiger charge is 2.39. The lowest BCUT2D eigenvalue weighted by atomic mass is 9.89. The second-order valence-electron chi connectivity index (χ2n) is 8.93. The minimum absolute atomic E-state index is 0.0132. The van der Waals surface area contributed by atoms with Gasteiger partial charge in [0.05, 0.1) is 29.9 Å². The Kier molecular flexibility index (Phi) is 8.26. The number of piperidine rings is 1. The Morgan fingerprint density at radius 1 is 1.06 bits per heavy atom. The molecule has 1 saturated heterocycles. The smallest absolute Gasteiger partial charge is 0.338 e. The van der Waals surface area contributed by atoms with Crippen molar-refractivity contribution < 1.29 is 19.4 Å². The predicted octanol–water partition coefficient (Wildman–Crippen LogP) is 4.09. The highest BCUT2D eigenvalue weighted by molar-refractivity contribution is 5.89. The number of nitrogens with zero attached hydrogens (tertiary/aromatic N) is 4. The van der Waals surface area contributed by atoms with Crippen LogP contribution in [0.3, 0.4) is 0 Å². The molecule has 0 bridgehead atoms. The van der Waals surface area contributed by atoms with Crippen molar-refractivity contribution >= 4 is 11.9 Å². The molecule has 1 amide bonds. The van der Waals surface area contributed by atoms with E-state index in [4.69, 9.17) is 4.74 Å². The molecule has 1 aliphatic rings. The first-order valence-electron chi connectivity index (χ1n) is 12.2. The minimum atomic E-state index is -0.786. The second kappa shape index (κ2) is 11.8. The van der Waals surface area contributed by atoms with Crippen molar-refractivity contribution in [3.63, 3.8) is 0 Å². The Morgan fingerprint density at radius 3 is 2.49 bits per heavy atom. The van der Waals surface area contributed by atoms with E-state index in [-0.39, 0.29) is 31.1 Å². The Labute approximate surface area is 205 Å². The number of hydrogen-bond donors (Lipinski definition) is 1. The summed E-state index contributed by atoms with van der Waals surface area (Å²) < 4.78 is 6.99. The third-order valence-corrected chi connectivity index (χ3v) is 6.43. The van der Waals surface area contributed by atoms with E-state index in [9.17, 15) is 14.7 Å². The molecule has 0 unspecified atom stereocenters. The first kappa shape index (κ1) is 24.6. The van der Waals surface area contributed by atoms with Crippen molar-refractivity contribution in [1.82, 2.24) is 19.9 Å². The SMILES string of the molecule is CCCCCC(=O)N1C[C@H](O)[C@@H](n2cc(COC(=O)c3ccccc3)nn2)C[C@@H]1c1ccccc1. The maximum Gasteiger partial charge on any atom is 0.338 e. The molecule has 0 aliphatic carbocycles. The molecule has 2 aromatic carbocycles. The van der Waals surface area contributed by atoms with Crippen molar-refractivity contribution in [2.75, 3.05) is 6.54 Å². The molecule has 1 N–H and O–H groups in total. The summed E-state index contributed by atoms with van der Waals surface area (Å²) in [7, 11) is 0. The molecule has 3 aromatic rings. The third kappa shape index (κ3) is 6.14. The quantitative estimate of drug-likeness (QED) is 0.369. The van der Waals surface area contributed by atoms with Crippen LogP contribution in [0.25, 0.3) is 0 Å². The number of rotatable bonds is 9. The van der Waals surface area contributed by atoms with Gasteiger partial charge in [0.1, 0.15) is 12.3 Å². The number of benzene rings is 2. The summed E-state index contributed by atoms with van der Waals surface area (Å²) in [6.45, 7) is 2.33. The summed E-state index contributed by atoms with van der Waals surface area (Å²) in [4.78, 5) is 27.1. The van der Waals surface area contributed by atoms with Gasteiger partial charge in [0, 0.05) is 13.0 Å². The molecule has 4 rings (SSSR count). The van der Waals surface area contributed by atoms with Crippen molar-refractivity contribution in [3.05, 3.63) is 83.7 Å². The molecule has 184 valence electrons. The lowest BCUT2D eigenvalue weighted by Gasteiger charge is -2.42. The monoisotopic (exact) mass is 476 g/mol. The van der Waals surface area contributed by atoms with E-state index in [1.54, 1.807) is 35.1 Å². The number of carbonyl (C=O) groups excluding carboxylic acids is 2. The number of likely N-dealkylation sites (tertiary alicyclic amines) is 1. The number of aliphatic hydroxyl groups excluding tert-OH is 1. The molecular weight excluding hydrogens is 444 g/mol. The van der Waals surface area contributed by atoms with E-state index in [0.29, 0.717) is 24.1 Å². The van der Waals surface area contributed by atoms with Gasteiger partial charge < -0.3 is 14.7 Å². The average Bonchev–Trinajstić information content (AvgIpc) is 3.37. The van der Waals surface area contributed by atoms with E-state index in [1.807, 2.05) is 41.3 Å². The van der Waals surface area contributed by atoms with E-state index in [1.165, 1.54) is 0 Å². The summed E-state index contributed by atoms with van der Waals surface area (Å²) in [5, 5.41) is 19.3. The number of aliphatic hydroxyl groups is 1. The first-order chi connectivity index (χ1) is 17.1. The van der Waals surface area contributed by atoms with Crippen molar-refractivity contribution in [2.24, 2.45) is 0 Å². The molecule has 1 aromatic heterocycles. The largest absolute Gasteiger partial charge is 0.455 e. The van der Waals surface area contributed by atoms with E-state index in [2.05, 4.69) is 17.2 Å². The van der Waals surface area contributed by atoms with Gasteiger partial charge in [0.15, 0.2) is 0 Å². The van der Waals surface area contributed by atoms with Crippen LogP contribution in [-0.2, 0) is 16.1 Å². The van der Waals surface area contributed by atoms with E-state index < -0.39 is 12.1 Å². The summed E-state index contributed by atoms with van der Waals surface area (Å²) in [5.74, 6) is -0.365. The Balaban J connectivity index is 1.46. The molecular formula is C27H32N4O4. The van der Waals surface area contributed by atoms with Crippen molar-refractivity contribution in [2.45, 2.75) is 63.8 Å². The van der Waals surface area contributed by atoms with E-state index >= 15 is 0 Å². The number of carbonyl (C=O) groups is 2. The number of hydrogen-bond acceptors (Lipinski definition) is 6. The number of esters is 1. The molecule has 8 heteroatoms. The van der Waals surface area contributed by atoms with Gasteiger partial charge in [-0.3, -0.25) is 4.79 Å². The van der Waals surface area contributed by atoms with Crippen LogP contribution in [-0.4, -0.2) is 49.5 Å². The van der Waals surface area contributed by atoms with Gasteiger partial charge in [-0.1, -0.05) is 73.5 Å². The molecule has 1 fully saturated rings. The fourth-order valence-corrected chi connectivity index (χ4v) is 4.52. The lowest BCUT2D eigenvalue weighted by Crippen LogP contribution is -2.49. The summed E-state index contributed by atoms with van der Waals surface area (Å²) in [6.07, 6.45) is 4.82. The lowest BCUT2D eigenvalue weighted by molar-refractivity contribution is -0.140. The average molecular weight is 477 g/mol. The fraction of sp³-hybridized carbons (Fsp3) is 0.407. The maximum atomic E-state index is 13.0. The molecule has 3 atom stereocenters. The number of β-amino-alcohol motifs (C(OH)–C–C–N with tert-alkyl or cyclic N) is 1. The van der Waals surface area contributed by atoms with Gasteiger partial charge in [-0.05, 0) is 30.5 Å². The fourth-order valence-electron chi connectivity index (χ4n) is 4.52. The van der Waals surface area contributed by atoms with Gasteiger partial charge in [-0.25, -0.2) is 9.48 Å². The zero-order valence-electron chi connectivity index (χ0n) is 20.0.